The summed E-state index contributed by atoms with van der Waals surface area (Å²) in [6.45, 7) is 10.2. The molecule has 4 aromatic rings. The smallest absolute Gasteiger partial charge is 0.210 e. The molecule has 0 bridgehead atoms. The van der Waals surface area contributed by atoms with Gasteiger partial charge in [-0.05, 0) is 131 Å². The molecule has 0 radical (unpaired) electrons. The zero-order chi connectivity index (χ0) is 42.2. The number of fused-ring (bicyclic) bond motifs is 4. The number of rotatable bonds is 21. The third kappa shape index (κ3) is 10.5. The third-order valence-corrected chi connectivity index (χ3v) is 12.9. The Morgan fingerprint density at radius 1 is 0.949 bits per heavy atom. The zero-order valence-corrected chi connectivity index (χ0v) is 35.8. The second-order valence-electron chi connectivity index (χ2n) is 16.1. The van der Waals surface area contributed by atoms with Crippen LogP contribution in [0.3, 0.4) is 0 Å². The molecule has 59 heavy (non-hydrogen) atoms. The summed E-state index contributed by atoms with van der Waals surface area (Å²) >= 11 is 0.870. The van der Waals surface area contributed by atoms with Crippen LogP contribution in [0.2, 0.25) is 0 Å². The molecule has 0 amide bonds. The quantitative estimate of drug-likeness (QED) is 0.0214. The van der Waals surface area contributed by atoms with Gasteiger partial charge in [-0.3, -0.25) is 5.04 Å². The topological polar surface area (TPSA) is 152 Å². The van der Waals surface area contributed by atoms with Gasteiger partial charge in [-0.25, -0.2) is 8.42 Å². The normalized spacial score (nSPS) is 18.0. The highest BCUT2D eigenvalue weighted by atomic mass is 32.2. The Balaban J connectivity index is 1.37. The van der Waals surface area contributed by atoms with Crippen LogP contribution >= 0.6 is 12.0 Å². The first-order valence-corrected chi connectivity index (χ1v) is 22.5. The van der Waals surface area contributed by atoms with Gasteiger partial charge in [0.2, 0.25) is 5.69 Å². The van der Waals surface area contributed by atoms with E-state index in [9.17, 15) is 28.1 Å². The molecule has 2 heterocycles. The minimum absolute atomic E-state index is 0.177. The number of phenols is 1. The van der Waals surface area contributed by atoms with Gasteiger partial charge in [0.15, 0.2) is 5.71 Å². The molecule has 1 N–H and O–H groups in total. The summed E-state index contributed by atoms with van der Waals surface area (Å²) < 4.78 is 47.6. The van der Waals surface area contributed by atoms with E-state index in [0.29, 0.717) is 44.6 Å². The number of nitrogens with zero attached hydrogens (tertiary/aromatic N) is 2. The van der Waals surface area contributed by atoms with E-state index in [1.165, 1.54) is 5.56 Å². The fourth-order valence-electron chi connectivity index (χ4n) is 8.69. The number of ether oxygens (including phenoxy) is 1. The molecule has 6 rings (SSSR count). The van der Waals surface area contributed by atoms with Crippen molar-refractivity contribution in [2.24, 2.45) is 0 Å². The van der Waals surface area contributed by atoms with Crippen LogP contribution in [0.25, 0.3) is 10.8 Å². The number of para-hydroxylation sites is 1. The Morgan fingerprint density at radius 2 is 1.71 bits per heavy atom. The van der Waals surface area contributed by atoms with Crippen LogP contribution in [0.5, 0.6) is 11.5 Å². The SMILES string of the molecule is CC(=O)CCCCC[N+]1=C(/C=C/C=C2/N(CCCOc3ccc(O)cc3)c3ccccc3C2(C)CCCCS(=O)(=O)[O-])C(C)(C)c2c1ccc1ccc(SOO[O-])cc21. The van der Waals surface area contributed by atoms with Gasteiger partial charge in [0, 0.05) is 64.5 Å². The number of allylic oxidation sites excluding steroid dienone is 4. The van der Waals surface area contributed by atoms with Gasteiger partial charge in [-0.2, -0.15) is 8.91 Å². The number of Topliss-reactive ketones (excluding diaryl/α,β-unsaturated/α-hetero) is 1. The van der Waals surface area contributed by atoms with Crippen LogP contribution in [0.1, 0.15) is 90.2 Å². The minimum Gasteiger partial charge on any atom is -0.748 e. The Morgan fingerprint density at radius 3 is 2.46 bits per heavy atom. The van der Waals surface area contributed by atoms with E-state index in [2.05, 4.69) is 82.1 Å². The van der Waals surface area contributed by atoms with Gasteiger partial charge in [-0.15, -0.1) is 0 Å². The van der Waals surface area contributed by atoms with Crippen molar-refractivity contribution < 1.29 is 46.8 Å². The molecule has 1 unspecified atom stereocenters. The van der Waals surface area contributed by atoms with Crippen LogP contribution in [0.15, 0.2) is 108 Å². The van der Waals surface area contributed by atoms with Gasteiger partial charge in [0.1, 0.15) is 23.8 Å². The maximum Gasteiger partial charge on any atom is 0.210 e. The van der Waals surface area contributed by atoms with Gasteiger partial charge in [-0.1, -0.05) is 36.8 Å². The molecule has 11 nitrogen and oxygen atoms in total. The number of hydrogen-bond acceptors (Lipinski definition) is 11. The lowest BCUT2D eigenvalue weighted by Gasteiger charge is -2.30. The predicted octanol–water partition coefficient (Wildman–Crippen LogP) is 8.70. The molecule has 0 saturated heterocycles. The van der Waals surface area contributed by atoms with E-state index >= 15 is 0 Å². The largest absolute Gasteiger partial charge is 0.748 e. The number of carbonyl (C=O) groups excluding carboxylic acids is 1. The van der Waals surface area contributed by atoms with Crippen molar-refractivity contribution in [3.63, 3.8) is 0 Å². The van der Waals surface area contributed by atoms with Crippen molar-refractivity contribution in [2.75, 3.05) is 30.3 Å². The average molecular weight is 842 g/mol. The summed E-state index contributed by atoms with van der Waals surface area (Å²) in [5.74, 6) is 0.656. The minimum atomic E-state index is -4.32. The number of ketones is 1. The highest BCUT2D eigenvalue weighted by molar-refractivity contribution is 7.94. The van der Waals surface area contributed by atoms with Crippen molar-refractivity contribution in [3.05, 3.63) is 114 Å². The third-order valence-electron chi connectivity index (χ3n) is 11.5. The molecule has 0 fully saturated rings. The van der Waals surface area contributed by atoms with E-state index in [4.69, 9.17) is 4.74 Å². The summed E-state index contributed by atoms with van der Waals surface area (Å²) in [4.78, 5) is 14.8. The number of hydrogen-bond donors (Lipinski definition) is 1. The number of unbranched alkanes of at least 4 members (excludes halogenated alkanes) is 3. The summed E-state index contributed by atoms with van der Waals surface area (Å²) in [5.41, 5.74) is 5.78. The molecule has 2 aliphatic heterocycles. The Bertz CT molecular complexity index is 2340. The lowest BCUT2D eigenvalue weighted by molar-refractivity contribution is -0.777. The standard InChI is InChI=1S/C46H54N2O9S2/c1-33(49)14-6-5-10-28-48-41-26-20-34-19-25-37(58-57-56-51)32-38(34)44(41)45(2,3)42(48)17-12-18-43-46(4,27-9-11-31-59(52,53)54)39-15-7-8-16-40(39)47(43)29-13-30-55-36-23-21-35(50)22-24-36/h7-8,12,15-26,32H,5-6,9-11,13-14,27-31H2,1-4H3,(H2-,50,51,52,53,54)/p-1. The summed E-state index contributed by atoms with van der Waals surface area (Å²) in [7, 11) is -4.32. The lowest BCUT2D eigenvalue weighted by atomic mass is 9.77. The Hall–Kier alpha value is -4.50. The predicted molar refractivity (Wildman–Crippen MR) is 229 cm³/mol. The average Bonchev–Trinajstić information content (AvgIpc) is 3.57. The first-order valence-electron chi connectivity index (χ1n) is 20.2. The Labute approximate surface area is 351 Å². The molecule has 314 valence electrons. The molecular weight excluding hydrogens is 789 g/mol. The zero-order valence-electron chi connectivity index (χ0n) is 34.1. The second kappa shape index (κ2) is 19.3. The maximum atomic E-state index is 11.7. The number of anilines is 1. The van der Waals surface area contributed by atoms with E-state index in [-0.39, 0.29) is 18.0 Å². The van der Waals surface area contributed by atoms with Crippen LogP contribution in [-0.4, -0.2) is 59.6 Å². The van der Waals surface area contributed by atoms with Crippen molar-refractivity contribution in [1.29, 1.82) is 0 Å². The fourth-order valence-corrected chi connectivity index (χ4v) is 9.64. The van der Waals surface area contributed by atoms with E-state index in [0.717, 1.165) is 81.9 Å². The fraction of sp³-hybridized carbons (Fsp3) is 0.391. The van der Waals surface area contributed by atoms with Crippen molar-refractivity contribution in [3.8, 4) is 11.5 Å². The van der Waals surface area contributed by atoms with E-state index in [1.807, 2.05) is 30.3 Å². The number of phenolic OH excluding ortho intramolecular Hbond substituents is 1. The van der Waals surface area contributed by atoms with Gasteiger partial charge < -0.3 is 29.3 Å². The molecule has 0 saturated carbocycles. The number of carbonyl (C=O) groups is 1. The summed E-state index contributed by atoms with van der Waals surface area (Å²) in [5, 5.41) is 26.1. The summed E-state index contributed by atoms with van der Waals surface area (Å²) in [6.07, 6.45) is 11.9. The molecule has 2 aliphatic rings. The molecule has 0 aromatic heterocycles. The van der Waals surface area contributed by atoms with Gasteiger partial charge in [0.05, 0.1) is 34.2 Å². The molecule has 4 aromatic carbocycles. The molecule has 0 spiro atoms. The van der Waals surface area contributed by atoms with E-state index < -0.39 is 26.7 Å². The van der Waals surface area contributed by atoms with Crippen molar-refractivity contribution >= 4 is 55.8 Å². The molecular formula is C46H53N2O9S2-. The monoisotopic (exact) mass is 841 g/mol. The second-order valence-corrected chi connectivity index (χ2v) is 18.4. The van der Waals surface area contributed by atoms with Crippen LogP contribution < -0.4 is 14.9 Å². The van der Waals surface area contributed by atoms with E-state index in [1.54, 1.807) is 31.2 Å². The van der Waals surface area contributed by atoms with Crippen molar-refractivity contribution in [2.45, 2.75) is 94.8 Å². The highest BCUT2D eigenvalue weighted by Crippen LogP contribution is 2.51. The number of benzene rings is 4. The Kier molecular flexibility index (Phi) is 14.4. The van der Waals surface area contributed by atoms with Gasteiger partial charge >= 0.3 is 0 Å². The first kappa shape index (κ1) is 44.1. The first-order chi connectivity index (χ1) is 28.2. The highest BCUT2D eigenvalue weighted by Gasteiger charge is 2.46. The van der Waals surface area contributed by atoms with Gasteiger partial charge in [0.25, 0.3) is 0 Å². The number of aromatic hydroxyl groups is 1. The summed E-state index contributed by atoms with van der Waals surface area (Å²) in [6, 6.07) is 25.2. The van der Waals surface area contributed by atoms with Crippen LogP contribution in [0.4, 0.5) is 11.4 Å². The lowest BCUT2D eigenvalue weighted by Crippen LogP contribution is -2.30. The maximum absolute atomic E-state index is 11.7. The molecule has 13 heteroatoms. The van der Waals surface area contributed by atoms with Crippen LogP contribution in [-0.2, 0) is 35.1 Å². The molecule has 1 atom stereocenters. The van der Waals surface area contributed by atoms with Crippen LogP contribution in [0, 0.1) is 0 Å². The molecule has 0 aliphatic carbocycles. The van der Waals surface area contributed by atoms with Crippen molar-refractivity contribution in [1.82, 2.24) is 0 Å².